The van der Waals surface area contributed by atoms with Crippen LogP contribution >= 0.6 is 15.9 Å². The molecule has 0 N–H and O–H groups in total. The summed E-state index contributed by atoms with van der Waals surface area (Å²) in [5, 5.41) is 1.17. The van der Waals surface area contributed by atoms with Crippen LogP contribution < -0.4 is 5.46 Å². The largest absolute Gasteiger partial charge is 0.497 e. The van der Waals surface area contributed by atoms with Gasteiger partial charge in [-0.25, -0.2) is 0 Å². The van der Waals surface area contributed by atoms with E-state index in [-0.39, 0.29) is 18.3 Å². The van der Waals surface area contributed by atoms with Gasteiger partial charge in [0.15, 0.2) is 0 Å². The Morgan fingerprint density at radius 3 is 2.30 bits per heavy atom. The quantitative estimate of drug-likeness (QED) is 0.747. The Labute approximate surface area is 128 Å². The van der Waals surface area contributed by atoms with Crippen molar-refractivity contribution in [2.24, 2.45) is 7.05 Å². The molecule has 1 aliphatic rings. The van der Waals surface area contributed by atoms with Gasteiger partial charge in [0.2, 0.25) is 0 Å². The van der Waals surface area contributed by atoms with E-state index in [0.717, 1.165) is 15.5 Å². The highest BCUT2D eigenvalue weighted by molar-refractivity contribution is 9.10. The molecular formula is C15H19BBrNO2. The summed E-state index contributed by atoms with van der Waals surface area (Å²) in [5.41, 5.74) is 1.62. The molecule has 0 spiro atoms. The summed E-state index contributed by atoms with van der Waals surface area (Å²) in [6.07, 6.45) is 2.09. The predicted octanol–water partition coefficient (Wildman–Crippen LogP) is 3.24. The zero-order chi connectivity index (χ0) is 14.7. The fourth-order valence-electron chi connectivity index (χ4n) is 2.61. The number of benzene rings is 1. The summed E-state index contributed by atoms with van der Waals surface area (Å²) >= 11 is 3.61. The van der Waals surface area contributed by atoms with Crippen molar-refractivity contribution in [1.29, 1.82) is 0 Å². The lowest BCUT2D eigenvalue weighted by Crippen LogP contribution is -2.41. The van der Waals surface area contributed by atoms with Crippen LogP contribution in [-0.4, -0.2) is 22.9 Å². The van der Waals surface area contributed by atoms with Crippen LogP contribution in [0.15, 0.2) is 28.9 Å². The van der Waals surface area contributed by atoms with Crippen LogP contribution in [0.2, 0.25) is 0 Å². The Morgan fingerprint density at radius 2 is 1.70 bits per heavy atom. The molecule has 5 heteroatoms. The average molecular weight is 336 g/mol. The molecule has 3 rings (SSSR count). The van der Waals surface area contributed by atoms with Gasteiger partial charge in [0.25, 0.3) is 0 Å². The number of fused-ring (bicyclic) bond motifs is 1. The van der Waals surface area contributed by atoms with Crippen LogP contribution in [-0.2, 0) is 16.4 Å². The van der Waals surface area contributed by atoms with Crippen LogP contribution in [0.1, 0.15) is 27.7 Å². The lowest BCUT2D eigenvalue weighted by Gasteiger charge is -2.32. The molecule has 1 saturated heterocycles. The lowest BCUT2D eigenvalue weighted by molar-refractivity contribution is 0.00578. The molecular weight excluding hydrogens is 317 g/mol. The SMILES string of the molecule is Cn1cc(B2OC(C)(C)C(C)(C)O2)c2cccc(Br)c21. The van der Waals surface area contributed by atoms with Crippen molar-refractivity contribution < 1.29 is 9.31 Å². The first-order chi connectivity index (χ1) is 9.23. The first-order valence-corrected chi connectivity index (χ1v) is 7.61. The van der Waals surface area contributed by atoms with Crippen molar-refractivity contribution in [3.05, 3.63) is 28.9 Å². The summed E-state index contributed by atoms with van der Waals surface area (Å²) < 4.78 is 15.5. The number of halogens is 1. The fourth-order valence-corrected chi connectivity index (χ4v) is 3.25. The highest BCUT2D eigenvalue weighted by Gasteiger charge is 2.52. The van der Waals surface area contributed by atoms with Gasteiger partial charge in [-0.15, -0.1) is 0 Å². The van der Waals surface area contributed by atoms with Crippen LogP contribution in [0.3, 0.4) is 0 Å². The van der Waals surface area contributed by atoms with Gasteiger partial charge in [0.1, 0.15) is 0 Å². The van der Waals surface area contributed by atoms with E-state index in [4.69, 9.17) is 9.31 Å². The van der Waals surface area contributed by atoms with Gasteiger partial charge >= 0.3 is 7.12 Å². The van der Waals surface area contributed by atoms with E-state index in [0.29, 0.717) is 0 Å². The van der Waals surface area contributed by atoms with Gasteiger partial charge in [0.05, 0.1) is 16.7 Å². The number of hydrogen-bond donors (Lipinski definition) is 0. The Hall–Kier alpha value is -0.775. The van der Waals surface area contributed by atoms with Gasteiger partial charge in [-0.3, -0.25) is 0 Å². The maximum Gasteiger partial charge on any atom is 0.497 e. The first-order valence-electron chi connectivity index (χ1n) is 6.82. The third-order valence-corrected chi connectivity index (χ3v) is 5.13. The van der Waals surface area contributed by atoms with Gasteiger partial charge < -0.3 is 13.9 Å². The Morgan fingerprint density at radius 1 is 1.10 bits per heavy atom. The van der Waals surface area contributed by atoms with Gasteiger partial charge in [-0.1, -0.05) is 12.1 Å². The molecule has 1 aromatic heterocycles. The standard InChI is InChI=1S/C15H19BBrNO2/c1-14(2)15(3,4)20-16(19-14)11-9-18(5)13-10(11)7-6-8-12(13)17/h6-9H,1-5H3. The van der Waals surface area contributed by atoms with Crippen LogP contribution in [0.5, 0.6) is 0 Å². The van der Waals surface area contributed by atoms with E-state index in [1.807, 2.05) is 13.1 Å². The second-order valence-electron chi connectivity index (χ2n) is 6.42. The monoisotopic (exact) mass is 335 g/mol. The number of rotatable bonds is 1. The molecule has 0 unspecified atom stereocenters. The Kier molecular flexibility index (Phi) is 3.09. The van der Waals surface area contributed by atoms with Crippen molar-refractivity contribution in [1.82, 2.24) is 4.57 Å². The zero-order valence-corrected chi connectivity index (χ0v) is 14.1. The van der Waals surface area contributed by atoms with Gasteiger partial charge in [-0.05, 0) is 49.7 Å². The Bertz CT molecular complexity index is 662. The first kappa shape index (κ1) is 14.2. The summed E-state index contributed by atoms with van der Waals surface area (Å²) in [5.74, 6) is 0. The molecule has 1 aliphatic heterocycles. The summed E-state index contributed by atoms with van der Waals surface area (Å²) in [6.45, 7) is 8.31. The summed E-state index contributed by atoms with van der Waals surface area (Å²) in [7, 11) is 1.72. The maximum atomic E-state index is 6.16. The maximum absolute atomic E-state index is 6.16. The molecule has 1 aromatic carbocycles. The zero-order valence-electron chi connectivity index (χ0n) is 12.5. The second kappa shape index (κ2) is 4.36. The highest BCUT2D eigenvalue weighted by Crippen LogP contribution is 2.37. The van der Waals surface area contributed by atoms with Crippen LogP contribution in [0.4, 0.5) is 0 Å². The number of aryl methyl sites for hydroxylation is 1. The number of aromatic nitrogens is 1. The molecule has 0 bridgehead atoms. The minimum atomic E-state index is -0.321. The Balaban J connectivity index is 2.12. The normalized spacial score (nSPS) is 20.8. The van der Waals surface area contributed by atoms with E-state index in [1.54, 1.807) is 0 Å². The van der Waals surface area contributed by atoms with Crippen LogP contribution in [0.25, 0.3) is 10.9 Å². The van der Waals surface area contributed by atoms with Crippen molar-refractivity contribution in [2.45, 2.75) is 38.9 Å². The van der Waals surface area contributed by atoms with Crippen molar-refractivity contribution in [2.75, 3.05) is 0 Å². The minimum absolute atomic E-state index is 0.314. The van der Waals surface area contributed by atoms with Crippen molar-refractivity contribution >= 4 is 39.4 Å². The molecule has 0 aliphatic carbocycles. The van der Waals surface area contributed by atoms with Gasteiger partial charge in [0, 0.05) is 28.6 Å². The highest BCUT2D eigenvalue weighted by atomic mass is 79.9. The van der Waals surface area contributed by atoms with Crippen molar-refractivity contribution in [3.63, 3.8) is 0 Å². The smallest absolute Gasteiger partial charge is 0.399 e. The number of para-hydroxylation sites is 1. The molecule has 0 amide bonds. The topological polar surface area (TPSA) is 23.4 Å². The number of hydrogen-bond acceptors (Lipinski definition) is 2. The number of nitrogens with zero attached hydrogens (tertiary/aromatic N) is 1. The fraction of sp³-hybridized carbons (Fsp3) is 0.467. The van der Waals surface area contributed by atoms with E-state index < -0.39 is 0 Å². The molecule has 0 radical (unpaired) electrons. The second-order valence-corrected chi connectivity index (χ2v) is 7.27. The molecule has 106 valence electrons. The molecule has 3 nitrogen and oxygen atoms in total. The van der Waals surface area contributed by atoms with Crippen molar-refractivity contribution in [3.8, 4) is 0 Å². The third kappa shape index (κ3) is 1.95. The molecule has 1 fully saturated rings. The van der Waals surface area contributed by atoms with Gasteiger partial charge in [-0.2, -0.15) is 0 Å². The molecule has 0 saturated carbocycles. The third-order valence-electron chi connectivity index (χ3n) is 4.49. The van der Waals surface area contributed by atoms with E-state index in [1.165, 1.54) is 5.39 Å². The molecule has 2 aromatic rings. The predicted molar refractivity (Wildman–Crippen MR) is 86.3 cm³/mol. The van der Waals surface area contributed by atoms with E-state index in [2.05, 4.69) is 66.5 Å². The summed E-state index contributed by atoms with van der Waals surface area (Å²) in [6, 6.07) is 6.21. The lowest BCUT2D eigenvalue weighted by atomic mass is 9.79. The van der Waals surface area contributed by atoms with E-state index in [9.17, 15) is 0 Å². The molecule has 2 heterocycles. The van der Waals surface area contributed by atoms with E-state index >= 15 is 0 Å². The molecule has 20 heavy (non-hydrogen) atoms. The van der Waals surface area contributed by atoms with Crippen LogP contribution in [0, 0.1) is 0 Å². The minimum Gasteiger partial charge on any atom is -0.399 e. The average Bonchev–Trinajstić information content (AvgIpc) is 2.76. The molecule has 0 atom stereocenters. The summed E-state index contributed by atoms with van der Waals surface area (Å²) in [4.78, 5) is 0.